The number of ether oxygens (including phenoxy) is 6. The lowest BCUT2D eigenvalue weighted by atomic mass is 9.98. The second-order valence-corrected chi connectivity index (χ2v) is 19.0. The number of unbranched alkanes of at least 4 members (excludes halogenated alkanes) is 17. The second kappa shape index (κ2) is 43.2. The van der Waals surface area contributed by atoms with Gasteiger partial charge in [0.05, 0.1) is 26.2 Å². The van der Waals surface area contributed by atoms with Crippen LogP contribution in [0.2, 0.25) is 0 Å². The number of allylic oxidation sites excluding steroid dienone is 11. The summed E-state index contributed by atoms with van der Waals surface area (Å²) in [5.41, 5.74) is 0. The van der Waals surface area contributed by atoms with E-state index in [9.17, 15) is 45.3 Å². The Balaban J connectivity index is 1.79. The normalized spacial score (nSPS) is 25.6. The lowest BCUT2D eigenvalue weighted by Gasteiger charge is -2.42. The summed E-state index contributed by atoms with van der Waals surface area (Å²) >= 11 is 0. The van der Waals surface area contributed by atoms with Crippen LogP contribution in [0.4, 0.5) is 0 Å². The summed E-state index contributed by atoms with van der Waals surface area (Å²) in [6.45, 7) is 2.37. The van der Waals surface area contributed by atoms with E-state index in [-0.39, 0.29) is 19.4 Å². The van der Waals surface area contributed by atoms with Gasteiger partial charge in [-0.25, -0.2) is 0 Å². The fraction of sp³-hybridized carbons (Fsp3) is 0.754. The molecular formula is C57H96O15. The maximum atomic E-state index is 13.0. The molecular weight excluding hydrogens is 925 g/mol. The molecule has 0 spiro atoms. The first-order valence-corrected chi connectivity index (χ1v) is 27.5. The maximum Gasteiger partial charge on any atom is 0.310 e. The quantitative estimate of drug-likeness (QED) is 0.0172. The fourth-order valence-corrected chi connectivity index (χ4v) is 8.23. The van der Waals surface area contributed by atoms with E-state index < -0.39 is 99.3 Å². The van der Waals surface area contributed by atoms with Crippen molar-refractivity contribution in [1.82, 2.24) is 0 Å². The Bertz CT molecular complexity index is 1530. The van der Waals surface area contributed by atoms with E-state index in [2.05, 4.69) is 62.5 Å². The zero-order chi connectivity index (χ0) is 52.4. The van der Waals surface area contributed by atoms with Crippen LogP contribution in [0.25, 0.3) is 0 Å². The first kappa shape index (κ1) is 65.1. The van der Waals surface area contributed by atoms with Gasteiger partial charge in [-0.15, -0.1) is 0 Å². The third-order valence-electron chi connectivity index (χ3n) is 12.7. The molecule has 7 N–H and O–H groups in total. The average Bonchev–Trinajstić information content (AvgIpc) is 3.37. The predicted molar refractivity (Wildman–Crippen MR) is 279 cm³/mol. The fourth-order valence-electron chi connectivity index (χ4n) is 8.23. The minimum Gasteiger partial charge on any atom is -0.462 e. The Morgan fingerprint density at radius 3 is 1.43 bits per heavy atom. The predicted octanol–water partition coefficient (Wildman–Crippen LogP) is 8.60. The van der Waals surface area contributed by atoms with Crippen LogP contribution < -0.4 is 0 Å². The van der Waals surface area contributed by atoms with Crippen LogP contribution in [0, 0.1) is 0 Å². The molecule has 0 saturated carbocycles. The number of carbonyl (C=O) groups excluding carboxylic acids is 2. The van der Waals surface area contributed by atoms with Crippen LogP contribution >= 0.6 is 0 Å². The molecule has 0 aromatic rings. The summed E-state index contributed by atoms with van der Waals surface area (Å²) < 4.78 is 33.5. The number of aliphatic hydroxyl groups is 7. The highest BCUT2D eigenvalue weighted by molar-refractivity contribution is 5.71. The van der Waals surface area contributed by atoms with Gasteiger partial charge in [0.15, 0.2) is 18.7 Å². The molecule has 414 valence electrons. The molecule has 2 heterocycles. The van der Waals surface area contributed by atoms with Crippen LogP contribution in [0.1, 0.15) is 181 Å². The van der Waals surface area contributed by atoms with Gasteiger partial charge in [0, 0.05) is 6.42 Å². The van der Waals surface area contributed by atoms with Crippen LogP contribution in [0.15, 0.2) is 72.9 Å². The molecule has 11 unspecified atom stereocenters. The van der Waals surface area contributed by atoms with Crippen molar-refractivity contribution in [2.24, 2.45) is 0 Å². The summed E-state index contributed by atoms with van der Waals surface area (Å²) in [7, 11) is 0. The highest BCUT2D eigenvalue weighted by Crippen LogP contribution is 2.26. The second-order valence-electron chi connectivity index (χ2n) is 19.0. The summed E-state index contributed by atoms with van der Waals surface area (Å²) in [6, 6.07) is 0. The van der Waals surface area contributed by atoms with Crippen LogP contribution in [-0.2, 0) is 38.0 Å². The van der Waals surface area contributed by atoms with Crippen molar-refractivity contribution < 1.29 is 73.8 Å². The lowest BCUT2D eigenvalue weighted by molar-refractivity contribution is -0.332. The van der Waals surface area contributed by atoms with Crippen LogP contribution in [0.5, 0.6) is 0 Å². The van der Waals surface area contributed by atoms with E-state index >= 15 is 0 Å². The summed E-state index contributed by atoms with van der Waals surface area (Å²) in [5.74, 6) is -1.08. The Morgan fingerprint density at radius 2 is 0.917 bits per heavy atom. The van der Waals surface area contributed by atoms with E-state index in [0.29, 0.717) is 12.8 Å². The van der Waals surface area contributed by atoms with Crippen LogP contribution in [0.3, 0.4) is 0 Å². The van der Waals surface area contributed by atoms with Gasteiger partial charge in [-0.1, -0.05) is 177 Å². The van der Waals surface area contributed by atoms with Gasteiger partial charge in [-0.3, -0.25) is 9.59 Å². The maximum absolute atomic E-state index is 13.0. The number of rotatable bonds is 42. The first-order valence-electron chi connectivity index (χ1n) is 27.5. The molecule has 0 amide bonds. The Hall–Kier alpha value is -3.06. The highest BCUT2D eigenvalue weighted by atomic mass is 16.7. The molecule has 0 aliphatic carbocycles. The van der Waals surface area contributed by atoms with E-state index in [1.165, 1.54) is 89.9 Å². The van der Waals surface area contributed by atoms with Gasteiger partial charge >= 0.3 is 11.9 Å². The third-order valence-corrected chi connectivity index (χ3v) is 12.7. The minimum atomic E-state index is -1.78. The number of carbonyl (C=O) groups is 2. The molecule has 72 heavy (non-hydrogen) atoms. The van der Waals surface area contributed by atoms with E-state index in [1.807, 2.05) is 18.2 Å². The standard InChI is InChI=1S/C57H96O15/c1-3-5-7-9-11-13-15-17-19-20-21-22-23-24-26-27-29-31-33-35-37-39-48(59)67-42-45(70-49(60)40-38-36-34-32-30-28-25-18-16-14-12-10-8-6-4-2)43-68-56-55(66)53(64)51(62)47(72-56)44-69-57-54(65)52(63)50(61)46(41-58)71-57/h6,8,12,14,18,20-21,25,30,32,36,38,45-47,50-58,61-66H,3-5,7,9-11,13,15-17,19,22-24,26-29,31,33-35,37,39-44H2,1-2H3/b8-6-,14-12-,21-20-,25-18-,32-30-,38-36-. The van der Waals surface area contributed by atoms with Crippen molar-refractivity contribution in [3.63, 3.8) is 0 Å². The molecule has 2 aliphatic rings. The van der Waals surface area contributed by atoms with Gasteiger partial charge < -0.3 is 64.2 Å². The molecule has 0 aromatic heterocycles. The lowest BCUT2D eigenvalue weighted by Crippen LogP contribution is -2.61. The van der Waals surface area contributed by atoms with E-state index in [0.717, 1.165) is 51.4 Å². The molecule has 0 radical (unpaired) electrons. The third kappa shape index (κ3) is 30.3. The zero-order valence-electron chi connectivity index (χ0n) is 43.9. The number of aliphatic hydroxyl groups excluding tert-OH is 7. The molecule has 2 fully saturated rings. The summed E-state index contributed by atoms with van der Waals surface area (Å²) in [5, 5.41) is 72.1. The summed E-state index contributed by atoms with van der Waals surface area (Å²) in [6.07, 6.45) is 35.3. The van der Waals surface area contributed by atoms with E-state index in [4.69, 9.17) is 28.4 Å². The Kier molecular flexibility index (Phi) is 39.0. The Morgan fingerprint density at radius 1 is 0.472 bits per heavy atom. The van der Waals surface area contributed by atoms with Gasteiger partial charge in [-0.2, -0.15) is 0 Å². The largest absolute Gasteiger partial charge is 0.462 e. The van der Waals surface area contributed by atoms with Crippen molar-refractivity contribution in [2.75, 3.05) is 26.4 Å². The zero-order valence-corrected chi connectivity index (χ0v) is 43.9. The first-order chi connectivity index (χ1) is 35.0. The monoisotopic (exact) mass is 1020 g/mol. The highest BCUT2D eigenvalue weighted by Gasteiger charge is 2.47. The van der Waals surface area contributed by atoms with Crippen molar-refractivity contribution in [1.29, 1.82) is 0 Å². The average molecular weight is 1020 g/mol. The molecule has 15 heteroatoms. The SMILES string of the molecule is CC/C=C\C/C=C\C/C=C\C/C=C\C/C=C\CC(=O)OC(COC(=O)CCCCCCCCCCC/C=C\CCCCCCCCCC)COC1OC(COC2OC(CO)C(O)C(O)C2O)C(O)C(O)C1O. The van der Waals surface area contributed by atoms with Gasteiger partial charge in [0.25, 0.3) is 0 Å². The van der Waals surface area contributed by atoms with Crippen molar-refractivity contribution in [3.8, 4) is 0 Å². The van der Waals surface area contributed by atoms with Crippen molar-refractivity contribution in [3.05, 3.63) is 72.9 Å². The number of esters is 2. The molecule has 2 aliphatic heterocycles. The molecule has 2 rings (SSSR count). The molecule has 11 atom stereocenters. The van der Waals surface area contributed by atoms with E-state index in [1.54, 1.807) is 6.08 Å². The minimum absolute atomic E-state index is 0.0699. The molecule has 2 saturated heterocycles. The van der Waals surface area contributed by atoms with Crippen molar-refractivity contribution >= 4 is 11.9 Å². The number of hydrogen-bond acceptors (Lipinski definition) is 15. The van der Waals surface area contributed by atoms with Gasteiger partial charge in [-0.05, 0) is 64.2 Å². The number of hydrogen-bond donors (Lipinski definition) is 7. The molecule has 15 nitrogen and oxygen atoms in total. The van der Waals surface area contributed by atoms with Crippen LogP contribution in [-0.4, -0.2) is 142 Å². The Labute approximate surface area is 432 Å². The van der Waals surface area contributed by atoms with Crippen molar-refractivity contribution in [2.45, 2.75) is 248 Å². The van der Waals surface area contributed by atoms with Gasteiger partial charge in [0.1, 0.15) is 55.4 Å². The molecule has 0 bridgehead atoms. The summed E-state index contributed by atoms with van der Waals surface area (Å²) in [4.78, 5) is 25.8. The van der Waals surface area contributed by atoms with Gasteiger partial charge in [0.2, 0.25) is 0 Å². The topological polar surface area (TPSA) is 231 Å². The molecule has 0 aromatic carbocycles. The smallest absolute Gasteiger partial charge is 0.310 e.